The zero-order valence-electron chi connectivity index (χ0n) is 7.59. The fourth-order valence-corrected chi connectivity index (χ4v) is 1.78. The van der Waals surface area contributed by atoms with E-state index in [4.69, 9.17) is 5.11 Å². The van der Waals surface area contributed by atoms with Crippen LogP contribution in [0, 0.1) is 0 Å². The number of hydrogen-bond donors (Lipinski definition) is 1. The molecule has 0 radical (unpaired) electrons. The minimum absolute atomic E-state index is 0.00641. The van der Waals surface area contributed by atoms with Gasteiger partial charge in [-0.1, -0.05) is 18.2 Å². The predicted molar refractivity (Wildman–Crippen MR) is 58.2 cm³/mol. The normalized spacial score (nSPS) is 10.2. The summed E-state index contributed by atoms with van der Waals surface area (Å²) >= 11 is 3.26. The van der Waals surface area contributed by atoms with Gasteiger partial charge in [0.1, 0.15) is 4.60 Å². The van der Waals surface area contributed by atoms with E-state index in [9.17, 15) is 4.79 Å². The number of benzene rings is 1. The number of rotatable bonds is 2. The average Bonchev–Trinajstić information content (AvgIpc) is 2.61. The van der Waals surface area contributed by atoms with E-state index >= 15 is 0 Å². The molecule has 76 valence electrons. The Morgan fingerprint density at radius 3 is 2.60 bits per heavy atom. The highest BCUT2D eigenvalue weighted by Crippen LogP contribution is 2.19. The molecule has 5 heteroatoms. The first-order chi connectivity index (χ1) is 7.20. The zero-order chi connectivity index (χ0) is 10.8. The maximum absolute atomic E-state index is 10.9. The van der Waals surface area contributed by atoms with Gasteiger partial charge in [-0.25, -0.2) is 9.78 Å². The maximum Gasteiger partial charge on any atom is 0.372 e. The molecule has 0 aliphatic heterocycles. The molecule has 0 atom stereocenters. The number of halogens is 1. The molecule has 0 saturated heterocycles. The molecule has 1 aromatic heterocycles. The Kier molecular flexibility index (Phi) is 2.55. The number of nitrogens with zero attached hydrogens (tertiary/aromatic N) is 2. The summed E-state index contributed by atoms with van der Waals surface area (Å²) in [4.78, 5) is 14.7. The maximum atomic E-state index is 10.9. The van der Waals surface area contributed by atoms with Crippen LogP contribution in [0.4, 0.5) is 0 Å². The van der Waals surface area contributed by atoms with Gasteiger partial charge >= 0.3 is 5.97 Å². The van der Waals surface area contributed by atoms with E-state index in [-0.39, 0.29) is 5.82 Å². The second kappa shape index (κ2) is 3.86. The van der Waals surface area contributed by atoms with Crippen LogP contribution in [-0.2, 0) is 0 Å². The number of carboxylic acids is 1. The van der Waals surface area contributed by atoms with Crippen molar-refractivity contribution in [3.8, 4) is 5.69 Å². The Bertz CT molecular complexity index is 493. The van der Waals surface area contributed by atoms with Crippen LogP contribution in [0.1, 0.15) is 10.6 Å². The van der Waals surface area contributed by atoms with Crippen molar-refractivity contribution < 1.29 is 9.90 Å². The Morgan fingerprint density at radius 2 is 2.00 bits per heavy atom. The third kappa shape index (κ3) is 1.78. The quantitative estimate of drug-likeness (QED) is 0.908. The van der Waals surface area contributed by atoms with Gasteiger partial charge in [-0.2, -0.15) is 0 Å². The Labute approximate surface area is 94.3 Å². The SMILES string of the molecule is O=C(O)c1ncc(Br)n1-c1ccccc1. The van der Waals surface area contributed by atoms with Gasteiger partial charge in [0.2, 0.25) is 5.82 Å². The highest BCUT2D eigenvalue weighted by molar-refractivity contribution is 9.10. The highest BCUT2D eigenvalue weighted by atomic mass is 79.9. The summed E-state index contributed by atoms with van der Waals surface area (Å²) in [6, 6.07) is 9.19. The fraction of sp³-hybridized carbons (Fsp3) is 0. The molecular formula is C10H7BrN2O2. The minimum atomic E-state index is -1.05. The minimum Gasteiger partial charge on any atom is -0.475 e. The van der Waals surface area contributed by atoms with Crippen LogP contribution in [0.15, 0.2) is 41.1 Å². The molecule has 2 aromatic rings. The van der Waals surface area contributed by atoms with Gasteiger partial charge in [-0.05, 0) is 28.1 Å². The van der Waals surface area contributed by atoms with E-state index in [2.05, 4.69) is 20.9 Å². The van der Waals surface area contributed by atoms with Gasteiger partial charge in [0, 0.05) is 5.69 Å². The van der Waals surface area contributed by atoms with Crippen LogP contribution < -0.4 is 0 Å². The van der Waals surface area contributed by atoms with E-state index < -0.39 is 5.97 Å². The topological polar surface area (TPSA) is 55.1 Å². The molecule has 0 aliphatic carbocycles. The molecule has 0 bridgehead atoms. The number of aromatic carboxylic acids is 1. The summed E-state index contributed by atoms with van der Waals surface area (Å²) in [6.45, 7) is 0. The standard InChI is InChI=1S/C10H7BrN2O2/c11-8-6-12-9(10(14)15)13(8)7-4-2-1-3-5-7/h1-6H,(H,14,15). The lowest BCUT2D eigenvalue weighted by molar-refractivity contribution is 0.0681. The second-order valence-electron chi connectivity index (χ2n) is 2.88. The van der Waals surface area contributed by atoms with E-state index in [0.29, 0.717) is 4.60 Å². The molecule has 2 rings (SSSR count). The van der Waals surface area contributed by atoms with Gasteiger partial charge in [0.15, 0.2) is 0 Å². The van der Waals surface area contributed by atoms with Gasteiger partial charge in [-0.3, -0.25) is 4.57 Å². The van der Waals surface area contributed by atoms with E-state index in [1.807, 2.05) is 30.3 Å². The fourth-order valence-electron chi connectivity index (χ4n) is 1.30. The molecule has 0 amide bonds. The number of imidazole rings is 1. The molecule has 0 aliphatic rings. The molecule has 1 heterocycles. The third-order valence-corrected chi connectivity index (χ3v) is 2.48. The summed E-state index contributed by atoms with van der Waals surface area (Å²) in [6.07, 6.45) is 1.47. The molecule has 0 fully saturated rings. The van der Waals surface area contributed by atoms with Gasteiger partial charge in [-0.15, -0.1) is 0 Å². The molecule has 0 unspecified atom stereocenters. The van der Waals surface area contributed by atoms with Gasteiger partial charge in [0.05, 0.1) is 6.20 Å². The van der Waals surface area contributed by atoms with Crippen molar-refractivity contribution in [2.75, 3.05) is 0 Å². The number of aromatic nitrogens is 2. The van der Waals surface area contributed by atoms with Crippen molar-refractivity contribution in [3.05, 3.63) is 47.0 Å². The first-order valence-electron chi connectivity index (χ1n) is 4.22. The Balaban J connectivity index is 2.62. The lowest BCUT2D eigenvalue weighted by Crippen LogP contribution is -2.08. The van der Waals surface area contributed by atoms with Crippen molar-refractivity contribution in [3.63, 3.8) is 0 Å². The summed E-state index contributed by atoms with van der Waals surface area (Å²) in [5.41, 5.74) is 0.763. The number of hydrogen-bond acceptors (Lipinski definition) is 2. The molecule has 1 aromatic carbocycles. The van der Waals surface area contributed by atoms with Crippen molar-refractivity contribution in [2.24, 2.45) is 0 Å². The van der Waals surface area contributed by atoms with Crippen molar-refractivity contribution in [1.29, 1.82) is 0 Å². The van der Waals surface area contributed by atoms with Crippen molar-refractivity contribution >= 4 is 21.9 Å². The zero-order valence-corrected chi connectivity index (χ0v) is 9.18. The number of carboxylic acid groups (broad SMARTS) is 1. The molecular weight excluding hydrogens is 260 g/mol. The van der Waals surface area contributed by atoms with Crippen LogP contribution in [0.5, 0.6) is 0 Å². The summed E-state index contributed by atoms with van der Waals surface area (Å²) in [5, 5.41) is 8.94. The first kappa shape index (κ1) is 9.92. The Hall–Kier alpha value is -1.62. The van der Waals surface area contributed by atoms with Crippen LogP contribution in [0.2, 0.25) is 0 Å². The van der Waals surface area contributed by atoms with Gasteiger partial charge in [0.25, 0.3) is 0 Å². The van der Waals surface area contributed by atoms with E-state index in [1.165, 1.54) is 10.8 Å². The smallest absolute Gasteiger partial charge is 0.372 e. The summed E-state index contributed by atoms with van der Waals surface area (Å²) in [5.74, 6) is -1.06. The average molecular weight is 267 g/mol. The van der Waals surface area contributed by atoms with Crippen molar-refractivity contribution in [1.82, 2.24) is 9.55 Å². The molecule has 4 nitrogen and oxygen atoms in total. The molecule has 0 saturated carbocycles. The largest absolute Gasteiger partial charge is 0.475 e. The molecule has 1 N–H and O–H groups in total. The monoisotopic (exact) mass is 266 g/mol. The highest BCUT2D eigenvalue weighted by Gasteiger charge is 2.15. The lowest BCUT2D eigenvalue weighted by atomic mass is 10.3. The first-order valence-corrected chi connectivity index (χ1v) is 5.01. The van der Waals surface area contributed by atoms with Crippen LogP contribution in [-0.4, -0.2) is 20.6 Å². The summed E-state index contributed by atoms with van der Waals surface area (Å²) in [7, 11) is 0. The predicted octanol–water partition coefficient (Wildman–Crippen LogP) is 2.33. The van der Waals surface area contributed by atoms with Gasteiger partial charge < -0.3 is 5.11 Å². The third-order valence-electron chi connectivity index (χ3n) is 1.92. The molecule has 0 spiro atoms. The number of para-hydroxylation sites is 1. The van der Waals surface area contributed by atoms with Crippen molar-refractivity contribution in [2.45, 2.75) is 0 Å². The lowest BCUT2D eigenvalue weighted by Gasteiger charge is -2.05. The Morgan fingerprint density at radius 1 is 1.33 bits per heavy atom. The van der Waals surface area contributed by atoms with Crippen LogP contribution >= 0.6 is 15.9 Å². The molecule has 15 heavy (non-hydrogen) atoms. The van der Waals surface area contributed by atoms with Crippen LogP contribution in [0.25, 0.3) is 5.69 Å². The van der Waals surface area contributed by atoms with Crippen LogP contribution in [0.3, 0.4) is 0 Å². The second-order valence-corrected chi connectivity index (χ2v) is 3.69. The van der Waals surface area contributed by atoms with E-state index in [1.54, 1.807) is 0 Å². The number of carbonyl (C=O) groups is 1. The van der Waals surface area contributed by atoms with E-state index in [0.717, 1.165) is 5.69 Å². The summed E-state index contributed by atoms with van der Waals surface area (Å²) < 4.78 is 2.15.